The zero-order chi connectivity index (χ0) is 68.2. The fraction of sp³-hybridized carbons (Fsp3) is 0.298. The third-order valence-electron chi connectivity index (χ3n) is 19.0. The highest BCUT2D eigenvalue weighted by atomic mass is 28.3. The van der Waals surface area contributed by atoms with Crippen LogP contribution in [0.15, 0.2) is 206 Å². The molecule has 1 aromatic heterocycles. The summed E-state index contributed by atoms with van der Waals surface area (Å²) in [5.41, 5.74) is 17.1. The van der Waals surface area contributed by atoms with Crippen LogP contribution in [0.4, 0.5) is 39.9 Å². The smallest absolute Gasteiger partial charge is 0.185 e. The van der Waals surface area contributed by atoms with E-state index in [1.165, 1.54) is 59.7 Å². The molecule has 0 bridgehead atoms. The number of anilines is 7. The zero-order valence-corrected chi connectivity index (χ0v) is 57.1. The van der Waals surface area contributed by atoms with Gasteiger partial charge in [0, 0.05) is 40.8 Å². The summed E-state index contributed by atoms with van der Waals surface area (Å²) < 4.78 is 53.3. The first-order chi connectivity index (χ1) is 44.5. The Morgan fingerprint density at radius 1 is 0.378 bits per heavy atom. The van der Waals surface area contributed by atoms with Gasteiger partial charge in [-0.2, -0.15) is 0 Å². The summed E-state index contributed by atoms with van der Waals surface area (Å²) >= 11 is 0. The number of hydrogen-bond donors (Lipinski definition) is 0. The second-order valence-corrected chi connectivity index (χ2v) is 35.2. The van der Waals surface area contributed by atoms with Crippen LogP contribution in [0, 0.1) is 0 Å². The Hall–Kier alpha value is -8.45. The van der Waals surface area contributed by atoms with Gasteiger partial charge in [0.05, 0.1) is 29.6 Å². The van der Waals surface area contributed by atoms with Gasteiger partial charge in [-0.1, -0.05) is 252 Å². The predicted molar refractivity (Wildman–Crippen MR) is 387 cm³/mol. The maximum Gasteiger partial charge on any atom is 0.185 e. The van der Waals surface area contributed by atoms with Gasteiger partial charge in [-0.15, -0.1) is 0 Å². The van der Waals surface area contributed by atoms with Gasteiger partial charge in [-0.3, -0.25) is 4.90 Å². The molecule has 0 saturated carbocycles. The number of nitrogens with zero attached hydrogens (tertiary/aromatic N) is 4. The number of rotatable bonds is 7. The van der Waals surface area contributed by atoms with Crippen LogP contribution in [0.25, 0.3) is 33.4 Å². The Bertz CT molecular complexity index is 4650. The minimum Gasteiger partial charge on any atom is -0.457 e. The quantitative estimate of drug-likeness (QED) is 0.149. The molecule has 13 rings (SSSR count). The third kappa shape index (κ3) is 10.5. The largest absolute Gasteiger partial charge is 0.457 e. The molecule has 0 radical (unpaired) electrons. The van der Waals surface area contributed by atoms with Gasteiger partial charge in [0.15, 0.2) is 8.07 Å². The molecule has 0 saturated heterocycles. The van der Waals surface area contributed by atoms with Crippen LogP contribution in [0.2, 0.25) is 0 Å². The molecule has 10 aromatic rings. The van der Waals surface area contributed by atoms with Crippen molar-refractivity contribution in [1.29, 1.82) is 0 Å². The van der Waals surface area contributed by atoms with Gasteiger partial charge in [0.1, 0.15) is 24.0 Å². The van der Waals surface area contributed by atoms with Crippen molar-refractivity contribution in [3.63, 3.8) is 0 Å². The van der Waals surface area contributed by atoms with Crippen LogP contribution in [0.5, 0.6) is 11.5 Å². The Labute approximate surface area is 545 Å². The van der Waals surface area contributed by atoms with Crippen molar-refractivity contribution in [2.75, 3.05) is 21.4 Å². The van der Waals surface area contributed by atoms with Gasteiger partial charge in [-0.05, 0) is 170 Å². The molecule has 0 aliphatic carbocycles. The van der Waals surface area contributed by atoms with Crippen LogP contribution in [0.3, 0.4) is 0 Å². The first-order valence-corrected chi connectivity index (χ1v) is 34.1. The third-order valence-corrected chi connectivity index (χ3v) is 23.9. The topological polar surface area (TPSA) is 31.8 Å². The van der Waals surface area contributed by atoms with Crippen LogP contribution in [-0.2, 0) is 32.5 Å². The van der Waals surface area contributed by atoms with Crippen molar-refractivity contribution in [2.45, 2.75) is 157 Å². The molecule has 4 heterocycles. The Morgan fingerprint density at radius 2 is 0.856 bits per heavy atom. The number of para-hydroxylation sites is 3. The van der Waals surface area contributed by atoms with Gasteiger partial charge in [-0.25, -0.2) is 4.98 Å². The summed E-state index contributed by atoms with van der Waals surface area (Å²) in [4.78, 5) is 12.2. The molecule has 3 aliphatic heterocycles. The lowest BCUT2D eigenvalue weighted by atomic mass is 9.77. The minimum atomic E-state index is -3.09. The summed E-state index contributed by atoms with van der Waals surface area (Å²) in [6.45, 7) is 41.0. The van der Waals surface area contributed by atoms with Crippen LogP contribution in [-0.4, -0.2) is 19.7 Å². The van der Waals surface area contributed by atoms with Gasteiger partial charge in [0.2, 0.25) is 0 Å². The Kier molecular flexibility index (Phi) is 12.9. The summed E-state index contributed by atoms with van der Waals surface area (Å²) in [6.07, 6.45) is 1.96. The zero-order valence-electron chi connectivity index (χ0n) is 61.1. The minimum absolute atomic E-state index is 0.0586. The molecule has 0 fully saturated rings. The van der Waals surface area contributed by atoms with E-state index in [9.17, 15) is 2.74 Å². The average Bonchev–Trinajstić information content (AvgIpc) is 1.62. The number of pyridine rings is 1. The van der Waals surface area contributed by atoms with Crippen molar-refractivity contribution in [1.82, 2.24) is 4.98 Å². The SMILES string of the molecule is [2H]c1c([2H])c([2H])c(-c2cc(C(C)(C)C)cc(-c3cc(C(C)(C)C)cc(C(C)(C)C)c3)c2N2CN(c3cccc(Oc4ccc5c(c4)N(c4cc(C(C)(C)C)ccn4)c4ccccc4[Si]54c5ccc(C(C)(C)C)cc5-c5cc(C(C)(C)C)ccc54)c3)c3ccccc32)c([2H])c1[2H]. The Balaban J connectivity index is 0.985. The van der Waals surface area contributed by atoms with Crippen molar-refractivity contribution in [3.8, 4) is 44.9 Å². The second kappa shape index (κ2) is 21.3. The number of hydrogen-bond acceptors (Lipinski definition) is 5. The van der Waals surface area contributed by atoms with Gasteiger partial charge < -0.3 is 14.5 Å². The fourth-order valence-corrected chi connectivity index (χ4v) is 19.2. The predicted octanol–water partition coefficient (Wildman–Crippen LogP) is 20.4. The number of fused-ring (bicyclic) bond motifs is 10. The molecule has 0 atom stereocenters. The molecule has 9 aromatic carbocycles. The van der Waals surface area contributed by atoms with Gasteiger partial charge >= 0.3 is 0 Å². The highest BCUT2D eigenvalue weighted by Gasteiger charge is 2.55. The molecule has 3 aliphatic rings. The van der Waals surface area contributed by atoms with Crippen molar-refractivity contribution in [2.24, 2.45) is 0 Å². The fourth-order valence-electron chi connectivity index (χ4n) is 13.7. The average molecular weight is 1200 g/mol. The van der Waals surface area contributed by atoms with E-state index in [2.05, 4.69) is 303 Å². The molecule has 90 heavy (non-hydrogen) atoms. The normalized spacial score (nSPS) is 15.3. The molecule has 6 heteroatoms. The van der Waals surface area contributed by atoms with Gasteiger partial charge in [0.25, 0.3) is 0 Å². The summed E-state index contributed by atoms with van der Waals surface area (Å²) in [7, 11) is -3.09. The lowest BCUT2D eigenvalue weighted by Gasteiger charge is -2.43. The molecule has 456 valence electrons. The lowest BCUT2D eigenvalue weighted by molar-refractivity contribution is 0.483. The number of benzene rings is 9. The van der Waals surface area contributed by atoms with Crippen molar-refractivity contribution >= 4 is 68.8 Å². The van der Waals surface area contributed by atoms with E-state index in [4.69, 9.17) is 13.8 Å². The van der Waals surface area contributed by atoms with E-state index in [1.54, 1.807) is 0 Å². The van der Waals surface area contributed by atoms with Crippen LogP contribution < -0.4 is 40.2 Å². The molecule has 1 spiro atoms. The summed E-state index contributed by atoms with van der Waals surface area (Å²) in [6, 6.07) is 61.2. The summed E-state index contributed by atoms with van der Waals surface area (Å²) in [5.74, 6) is 2.19. The highest BCUT2D eigenvalue weighted by Crippen LogP contribution is 2.53. The first-order valence-electron chi connectivity index (χ1n) is 34.6. The van der Waals surface area contributed by atoms with E-state index in [-0.39, 0.29) is 56.8 Å². The maximum atomic E-state index is 9.61. The first kappa shape index (κ1) is 54.5. The molecule has 5 nitrogen and oxygen atoms in total. The molecule has 0 amide bonds. The van der Waals surface area contributed by atoms with E-state index in [1.807, 2.05) is 12.3 Å². The lowest BCUT2D eigenvalue weighted by Crippen LogP contribution is -2.75. The van der Waals surface area contributed by atoms with Crippen LogP contribution in [0.1, 0.15) is 165 Å². The van der Waals surface area contributed by atoms with Crippen LogP contribution >= 0.6 is 0 Å². The maximum absolute atomic E-state index is 9.61. The second-order valence-electron chi connectivity index (χ2n) is 31.5. The van der Waals surface area contributed by atoms with Crippen molar-refractivity contribution < 1.29 is 11.6 Å². The number of aromatic nitrogens is 1. The van der Waals surface area contributed by atoms with E-state index < -0.39 is 19.5 Å². The summed E-state index contributed by atoms with van der Waals surface area (Å²) in [5, 5.41) is 5.39. The number of ether oxygens (including phenoxy) is 1. The molecule has 0 N–H and O–H groups in total. The molecule has 0 unspecified atom stereocenters. The van der Waals surface area contributed by atoms with E-state index in [0.717, 1.165) is 56.6 Å². The van der Waals surface area contributed by atoms with Crippen molar-refractivity contribution in [3.05, 3.63) is 240 Å². The standard InChI is InChI=1S/C84H90N4OSi/c1-79(2,3)56-35-38-73-67(46-56)68-47-57(80(4,5)6)36-39-74(68)90(73)75-34-25-24-33-71(75)88(77-50-58(41-42-85-77)81(7,8)9)72-52-64(37-40-76(72)90)89-63-30-26-29-62(51-63)86-53-87(70-32-23-22-31-69(70)86)78-65(54-27-20-19-21-28-54)48-61(84(16,17)18)49-66(78)55-43-59(82(10,11)12)45-60(44-55)83(13,14)15/h19-52H,53H2,1-18H3/i19D,20D,21D,27D,28D. The highest BCUT2D eigenvalue weighted by molar-refractivity contribution is 7.23. The Morgan fingerprint density at radius 3 is 1.43 bits per heavy atom. The monoisotopic (exact) mass is 1200 g/mol. The van der Waals surface area contributed by atoms with E-state index >= 15 is 0 Å². The molecular formula is C84H90N4OSi. The van der Waals surface area contributed by atoms with E-state index in [0.29, 0.717) is 23.7 Å². The molecular weight excluding hydrogens is 1110 g/mol.